The van der Waals surface area contributed by atoms with Gasteiger partial charge < -0.3 is 10.6 Å². The van der Waals surface area contributed by atoms with Crippen LogP contribution in [0.2, 0.25) is 0 Å². The number of guanidine groups is 1. The van der Waals surface area contributed by atoms with Crippen LogP contribution in [0.3, 0.4) is 0 Å². The molecule has 3 rings (SSSR count). The van der Waals surface area contributed by atoms with Gasteiger partial charge in [0.2, 0.25) is 0 Å². The SMILES string of the molecule is CCNC(=NCc1cn2ccsc2n1)NCCCn1cccn1. The summed E-state index contributed by atoms with van der Waals surface area (Å²) in [6, 6.07) is 1.94. The van der Waals surface area contributed by atoms with Crippen LogP contribution in [-0.4, -0.2) is 38.2 Å². The third-order valence-electron chi connectivity index (χ3n) is 3.30. The summed E-state index contributed by atoms with van der Waals surface area (Å²) in [6.07, 6.45) is 8.81. The van der Waals surface area contributed by atoms with Crippen molar-refractivity contribution in [3.05, 3.63) is 41.9 Å². The quantitative estimate of drug-likeness (QED) is 0.393. The predicted octanol–water partition coefficient (Wildman–Crippen LogP) is 1.74. The Hall–Kier alpha value is -2.35. The number of rotatable bonds is 7. The van der Waals surface area contributed by atoms with E-state index < -0.39 is 0 Å². The first kappa shape index (κ1) is 15.5. The Morgan fingerprint density at radius 2 is 2.30 bits per heavy atom. The molecule has 122 valence electrons. The molecule has 3 aromatic heterocycles. The van der Waals surface area contributed by atoms with E-state index in [1.54, 1.807) is 17.5 Å². The summed E-state index contributed by atoms with van der Waals surface area (Å²) in [6.45, 7) is 5.22. The average Bonchev–Trinajstić information content (AvgIpc) is 3.25. The van der Waals surface area contributed by atoms with Gasteiger partial charge in [0.25, 0.3) is 0 Å². The van der Waals surface area contributed by atoms with E-state index >= 15 is 0 Å². The highest BCUT2D eigenvalue weighted by Gasteiger charge is 2.03. The average molecular weight is 331 g/mol. The Kier molecular flexibility index (Phi) is 5.25. The summed E-state index contributed by atoms with van der Waals surface area (Å²) in [5, 5.41) is 12.8. The summed E-state index contributed by atoms with van der Waals surface area (Å²) in [4.78, 5) is 10.1. The number of aliphatic imine (C=N–C) groups is 1. The fourth-order valence-electron chi connectivity index (χ4n) is 2.23. The van der Waals surface area contributed by atoms with Crippen molar-refractivity contribution in [1.82, 2.24) is 29.8 Å². The molecule has 0 spiro atoms. The van der Waals surface area contributed by atoms with E-state index in [1.807, 2.05) is 39.1 Å². The molecular weight excluding hydrogens is 310 g/mol. The molecule has 0 aliphatic heterocycles. The molecule has 0 aliphatic carbocycles. The van der Waals surface area contributed by atoms with Crippen LogP contribution in [0.5, 0.6) is 0 Å². The maximum absolute atomic E-state index is 4.59. The standard InChI is InChI=1S/C15H21N7S/c1-2-16-14(17-5-3-7-22-8-4-6-19-22)18-11-13-12-21-9-10-23-15(21)20-13/h4,6,8-10,12H,2-3,5,7,11H2,1H3,(H2,16,17,18). The number of hydrogen-bond donors (Lipinski definition) is 2. The van der Waals surface area contributed by atoms with Gasteiger partial charge in [-0.25, -0.2) is 9.98 Å². The monoisotopic (exact) mass is 331 g/mol. The number of imidazole rings is 1. The minimum atomic E-state index is 0.572. The lowest BCUT2D eigenvalue weighted by Crippen LogP contribution is -2.38. The number of thiazole rings is 1. The van der Waals surface area contributed by atoms with Crippen molar-refractivity contribution in [3.8, 4) is 0 Å². The maximum atomic E-state index is 4.59. The highest BCUT2D eigenvalue weighted by molar-refractivity contribution is 7.15. The van der Waals surface area contributed by atoms with Gasteiger partial charge in [0.1, 0.15) is 0 Å². The normalized spacial score (nSPS) is 12.0. The molecule has 0 unspecified atom stereocenters. The van der Waals surface area contributed by atoms with Gasteiger partial charge >= 0.3 is 0 Å². The first-order valence-corrected chi connectivity index (χ1v) is 8.64. The van der Waals surface area contributed by atoms with Crippen molar-refractivity contribution in [3.63, 3.8) is 0 Å². The van der Waals surface area contributed by atoms with Crippen molar-refractivity contribution in [2.75, 3.05) is 13.1 Å². The topological polar surface area (TPSA) is 71.5 Å². The molecule has 7 nitrogen and oxygen atoms in total. The molecule has 2 N–H and O–H groups in total. The van der Waals surface area contributed by atoms with Crippen molar-refractivity contribution in [1.29, 1.82) is 0 Å². The highest BCUT2D eigenvalue weighted by Crippen LogP contribution is 2.11. The highest BCUT2D eigenvalue weighted by atomic mass is 32.1. The van der Waals surface area contributed by atoms with E-state index in [1.165, 1.54) is 0 Å². The van der Waals surface area contributed by atoms with Gasteiger partial charge in [-0.2, -0.15) is 5.10 Å². The summed E-state index contributed by atoms with van der Waals surface area (Å²) < 4.78 is 3.96. The van der Waals surface area contributed by atoms with E-state index in [9.17, 15) is 0 Å². The zero-order valence-corrected chi connectivity index (χ0v) is 14.0. The number of aryl methyl sites for hydroxylation is 1. The lowest BCUT2D eigenvalue weighted by molar-refractivity contribution is 0.570. The van der Waals surface area contributed by atoms with Crippen LogP contribution in [0.4, 0.5) is 0 Å². The zero-order chi connectivity index (χ0) is 15.9. The Balaban J connectivity index is 1.49. The largest absolute Gasteiger partial charge is 0.357 e. The summed E-state index contributed by atoms with van der Waals surface area (Å²) >= 11 is 1.63. The molecule has 0 fully saturated rings. The zero-order valence-electron chi connectivity index (χ0n) is 13.1. The second kappa shape index (κ2) is 7.77. The number of fused-ring (bicyclic) bond motifs is 1. The second-order valence-electron chi connectivity index (χ2n) is 5.07. The Bertz CT molecular complexity index is 712. The lowest BCUT2D eigenvalue weighted by Gasteiger charge is -2.10. The predicted molar refractivity (Wildman–Crippen MR) is 92.7 cm³/mol. The Morgan fingerprint density at radius 3 is 3.09 bits per heavy atom. The van der Waals surface area contributed by atoms with Crippen molar-refractivity contribution >= 4 is 22.3 Å². The third-order valence-corrected chi connectivity index (χ3v) is 4.07. The minimum absolute atomic E-state index is 0.572. The van der Waals surface area contributed by atoms with Gasteiger partial charge in [-0.15, -0.1) is 11.3 Å². The third kappa shape index (κ3) is 4.32. The molecule has 0 bridgehead atoms. The molecule has 3 aromatic rings. The van der Waals surface area contributed by atoms with E-state index in [2.05, 4.69) is 32.6 Å². The van der Waals surface area contributed by atoms with Gasteiger partial charge in [0.15, 0.2) is 10.9 Å². The van der Waals surface area contributed by atoms with Crippen LogP contribution in [0.15, 0.2) is 41.2 Å². The number of nitrogens with one attached hydrogen (secondary N) is 2. The maximum Gasteiger partial charge on any atom is 0.193 e. The van der Waals surface area contributed by atoms with Crippen molar-refractivity contribution in [2.24, 2.45) is 4.99 Å². The molecule has 0 atom stereocenters. The van der Waals surface area contributed by atoms with Gasteiger partial charge in [-0.05, 0) is 19.4 Å². The molecule has 0 aromatic carbocycles. The van der Waals surface area contributed by atoms with Crippen LogP contribution >= 0.6 is 11.3 Å². The fourth-order valence-corrected chi connectivity index (χ4v) is 2.95. The second-order valence-corrected chi connectivity index (χ2v) is 5.94. The van der Waals surface area contributed by atoms with Crippen LogP contribution in [0.25, 0.3) is 4.96 Å². The first-order valence-electron chi connectivity index (χ1n) is 7.76. The lowest BCUT2D eigenvalue weighted by atomic mass is 10.4. The molecule has 0 radical (unpaired) electrons. The van der Waals surface area contributed by atoms with E-state index in [-0.39, 0.29) is 0 Å². The fraction of sp³-hybridized carbons (Fsp3) is 0.400. The molecule has 3 heterocycles. The molecular formula is C15H21N7S. The molecule has 0 saturated carbocycles. The van der Waals surface area contributed by atoms with Crippen molar-refractivity contribution in [2.45, 2.75) is 26.4 Å². The summed E-state index contributed by atoms with van der Waals surface area (Å²) in [7, 11) is 0. The summed E-state index contributed by atoms with van der Waals surface area (Å²) in [5.74, 6) is 0.823. The van der Waals surface area contributed by atoms with Gasteiger partial charge in [-0.1, -0.05) is 0 Å². The molecule has 8 heteroatoms. The van der Waals surface area contributed by atoms with Crippen LogP contribution in [-0.2, 0) is 13.1 Å². The van der Waals surface area contributed by atoms with Gasteiger partial charge in [-0.3, -0.25) is 9.08 Å². The van der Waals surface area contributed by atoms with Gasteiger partial charge in [0, 0.05) is 49.8 Å². The molecule has 0 aliphatic rings. The van der Waals surface area contributed by atoms with E-state index in [0.29, 0.717) is 6.54 Å². The Labute approximate surface area is 139 Å². The van der Waals surface area contributed by atoms with Crippen LogP contribution in [0.1, 0.15) is 19.0 Å². The first-order chi connectivity index (χ1) is 11.3. The number of nitrogens with zero attached hydrogens (tertiary/aromatic N) is 5. The smallest absolute Gasteiger partial charge is 0.193 e. The minimum Gasteiger partial charge on any atom is -0.357 e. The number of aromatic nitrogens is 4. The van der Waals surface area contributed by atoms with E-state index in [0.717, 1.165) is 42.7 Å². The summed E-state index contributed by atoms with van der Waals surface area (Å²) in [5.41, 5.74) is 0.977. The number of hydrogen-bond acceptors (Lipinski definition) is 4. The van der Waals surface area contributed by atoms with Crippen LogP contribution in [0, 0.1) is 0 Å². The van der Waals surface area contributed by atoms with Gasteiger partial charge in [0.05, 0.1) is 12.2 Å². The molecule has 0 amide bonds. The Morgan fingerprint density at radius 1 is 1.35 bits per heavy atom. The van der Waals surface area contributed by atoms with E-state index in [4.69, 9.17) is 0 Å². The van der Waals surface area contributed by atoms with Crippen molar-refractivity contribution < 1.29 is 0 Å². The van der Waals surface area contributed by atoms with Crippen LogP contribution < -0.4 is 10.6 Å². The molecule has 0 saturated heterocycles. The molecule has 23 heavy (non-hydrogen) atoms.